The molecular formula is C10H10N4. The Morgan fingerprint density at radius 1 is 1.43 bits per heavy atom. The van der Waals surface area contributed by atoms with Crippen LogP contribution in [0.25, 0.3) is 5.69 Å². The highest BCUT2D eigenvalue weighted by atomic mass is 15.0. The summed E-state index contributed by atoms with van der Waals surface area (Å²) in [6.45, 7) is 0. The SMILES string of the molecule is N=C(N)c1cccc(-n2ccnc2)c1. The molecule has 0 aliphatic carbocycles. The number of hydrogen-bond donors (Lipinski definition) is 2. The lowest BCUT2D eigenvalue weighted by atomic mass is 10.2. The number of benzene rings is 1. The zero-order valence-electron chi connectivity index (χ0n) is 7.51. The molecule has 14 heavy (non-hydrogen) atoms. The van der Waals surface area contributed by atoms with Crippen molar-refractivity contribution in [3.05, 3.63) is 48.5 Å². The molecule has 4 heteroatoms. The van der Waals surface area contributed by atoms with Gasteiger partial charge in [-0.1, -0.05) is 12.1 Å². The average molecular weight is 186 g/mol. The van der Waals surface area contributed by atoms with Crippen LogP contribution in [0.5, 0.6) is 0 Å². The predicted molar refractivity (Wildman–Crippen MR) is 54.6 cm³/mol. The summed E-state index contributed by atoms with van der Waals surface area (Å²) in [6, 6.07) is 7.47. The predicted octanol–water partition coefficient (Wildman–Crippen LogP) is 1.16. The van der Waals surface area contributed by atoms with Crippen molar-refractivity contribution >= 4 is 5.84 Å². The van der Waals surface area contributed by atoms with Gasteiger partial charge in [0.15, 0.2) is 0 Å². The van der Waals surface area contributed by atoms with E-state index in [2.05, 4.69) is 4.98 Å². The first-order valence-electron chi connectivity index (χ1n) is 4.20. The van der Waals surface area contributed by atoms with Gasteiger partial charge < -0.3 is 10.3 Å². The summed E-state index contributed by atoms with van der Waals surface area (Å²) in [5.74, 6) is 0.0759. The topological polar surface area (TPSA) is 67.7 Å². The second kappa shape index (κ2) is 3.33. The Morgan fingerprint density at radius 3 is 2.93 bits per heavy atom. The minimum absolute atomic E-state index is 0.0759. The summed E-state index contributed by atoms with van der Waals surface area (Å²) in [5, 5.41) is 7.31. The van der Waals surface area contributed by atoms with Gasteiger partial charge in [-0.05, 0) is 12.1 Å². The van der Waals surface area contributed by atoms with Crippen LogP contribution >= 0.6 is 0 Å². The number of nitrogens with one attached hydrogen (secondary N) is 1. The fourth-order valence-corrected chi connectivity index (χ4v) is 1.25. The summed E-state index contributed by atoms with van der Waals surface area (Å²) < 4.78 is 1.87. The molecule has 0 saturated heterocycles. The molecule has 0 saturated carbocycles. The summed E-state index contributed by atoms with van der Waals surface area (Å²) >= 11 is 0. The second-order valence-electron chi connectivity index (χ2n) is 2.93. The molecule has 0 spiro atoms. The van der Waals surface area contributed by atoms with E-state index in [-0.39, 0.29) is 5.84 Å². The number of hydrogen-bond acceptors (Lipinski definition) is 2. The zero-order chi connectivity index (χ0) is 9.97. The van der Waals surface area contributed by atoms with Crippen molar-refractivity contribution < 1.29 is 0 Å². The third-order valence-corrected chi connectivity index (χ3v) is 1.96. The molecule has 1 aromatic carbocycles. The first kappa shape index (κ1) is 8.50. The van der Waals surface area contributed by atoms with Crippen LogP contribution in [0.4, 0.5) is 0 Å². The van der Waals surface area contributed by atoms with Gasteiger partial charge in [0.25, 0.3) is 0 Å². The number of nitrogen functional groups attached to an aromatic ring is 1. The Labute approximate surface area is 81.5 Å². The highest BCUT2D eigenvalue weighted by molar-refractivity contribution is 5.95. The average Bonchev–Trinajstić information content (AvgIpc) is 2.71. The maximum atomic E-state index is 7.31. The molecule has 0 radical (unpaired) electrons. The molecule has 0 unspecified atom stereocenters. The summed E-state index contributed by atoms with van der Waals surface area (Å²) in [4.78, 5) is 3.95. The Morgan fingerprint density at radius 2 is 2.29 bits per heavy atom. The van der Waals surface area contributed by atoms with E-state index in [9.17, 15) is 0 Å². The Bertz CT molecular complexity index is 445. The molecule has 2 aromatic rings. The maximum absolute atomic E-state index is 7.31. The molecule has 0 atom stereocenters. The first-order valence-corrected chi connectivity index (χ1v) is 4.20. The van der Waals surface area contributed by atoms with Gasteiger partial charge in [-0.15, -0.1) is 0 Å². The normalized spacial score (nSPS) is 10.0. The molecule has 0 fully saturated rings. The molecule has 0 amide bonds. The summed E-state index contributed by atoms with van der Waals surface area (Å²) in [5.41, 5.74) is 7.07. The van der Waals surface area contributed by atoms with Crippen molar-refractivity contribution in [3.63, 3.8) is 0 Å². The van der Waals surface area contributed by atoms with Crippen LogP contribution in [0.15, 0.2) is 43.0 Å². The fraction of sp³-hybridized carbons (Fsp3) is 0. The van der Waals surface area contributed by atoms with E-state index in [4.69, 9.17) is 11.1 Å². The van der Waals surface area contributed by atoms with Crippen molar-refractivity contribution in [3.8, 4) is 5.69 Å². The van der Waals surface area contributed by atoms with Crippen LogP contribution in [0, 0.1) is 5.41 Å². The van der Waals surface area contributed by atoms with Crippen LogP contribution in [-0.2, 0) is 0 Å². The molecule has 0 aliphatic heterocycles. The van der Waals surface area contributed by atoms with Crippen LogP contribution in [0.2, 0.25) is 0 Å². The third-order valence-electron chi connectivity index (χ3n) is 1.96. The number of nitrogens with two attached hydrogens (primary N) is 1. The lowest BCUT2D eigenvalue weighted by Gasteiger charge is -2.03. The lowest BCUT2D eigenvalue weighted by molar-refractivity contribution is 1.06. The van der Waals surface area contributed by atoms with E-state index in [1.165, 1.54) is 0 Å². The van der Waals surface area contributed by atoms with Crippen LogP contribution < -0.4 is 5.73 Å². The number of amidine groups is 1. The lowest BCUT2D eigenvalue weighted by Crippen LogP contribution is -2.11. The van der Waals surface area contributed by atoms with E-state index >= 15 is 0 Å². The van der Waals surface area contributed by atoms with Gasteiger partial charge in [0, 0.05) is 23.6 Å². The van der Waals surface area contributed by atoms with Gasteiger partial charge >= 0.3 is 0 Å². The maximum Gasteiger partial charge on any atom is 0.122 e. The van der Waals surface area contributed by atoms with Gasteiger partial charge in [0.1, 0.15) is 5.84 Å². The number of aromatic nitrogens is 2. The van der Waals surface area contributed by atoms with E-state index < -0.39 is 0 Å². The van der Waals surface area contributed by atoms with Crippen LogP contribution in [0.3, 0.4) is 0 Å². The first-order chi connectivity index (χ1) is 6.77. The number of imidazole rings is 1. The molecule has 1 heterocycles. The van der Waals surface area contributed by atoms with Crippen molar-refractivity contribution in [2.45, 2.75) is 0 Å². The fourth-order valence-electron chi connectivity index (χ4n) is 1.25. The van der Waals surface area contributed by atoms with Gasteiger partial charge in [0.2, 0.25) is 0 Å². The monoisotopic (exact) mass is 186 g/mol. The molecular weight excluding hydrogens is 176 g/mol. The highest BCUT2D eigenvalue weighted by Gasteiger charge is 1.99. The van der Waals surface area contributed by atoms with Crippen LogP contribution in [-0.4, -0.2) is 15.4 Å². The minimum atomic E-state index is 0.0759. The smallest absolute Gasteiger partial charge is 0.122 e. The molecule has 2 rings (SSSR count). The molecule has 4 nitrogen and oxygen atoms in total. The summed E-state index contributed by atoms with van der Waals surface area (Å²) in [6.07, 6.45) is 5.26. The number of rotatable bonds is 2. The highest BCUT2D eigenvalue weighted by Crippen LogP contribution is 2.09. The van der Waals surface area contributed by atoms with E-state index in [1.54, 1.807) is 12.5 Å². The molecule has 0 aliphatic rings. The quantitative estimate of drug-likeness (QED) is 0.545. The number of nitrogens with zero attached hydrogens (tertiary/aromatic N) is 2. The second-order valence-corrected chi connectivity index (χ2v) is 2.93. The van der Waals surface area contributed by atoms with Gasteiger partial charge in [-0.25, -0.2) is 4.98 Å². The zero-order valence-corrected chi connectivity index (χ0v) is 7.51. The minimum Gasteiger partial charge on any atom is -0.384 e. The van der Waals surface area contributed by atoms with E-state index in [0.29, 0.717) is 0 Å². The third kappa shape index (κ3) is 1.50. The van der Waals surface area contributed by atoms with E-state index in [1.807, 2.05) is 35.0 Å². The Kier molecular flexibility index (Phi) is 2.02. The summed E-state index contributed by atoms with van der Waals surface area (Å²) in [7, 11) is 0. The van der Waals surface area contributed by atoms with Crippen molar-refractivity contribution in [1.29, 1.82) is 5.41 Å². The van der Waals surface area contributed by atoms with Crippen molar-refractivity contribution in [2.24, 2.45) is 5.73 Å². The standard InChI is InChI=1S/C10H10N4/c11-10(12)8-2-1-3-9(6-8)14-5-4-13-7-14/h1-7H,(H3,11,12). The van der Waals surface area contributed by atoms with Gasteiger partial charge in [-0.3, -0.25) is 5.41 Å². The van der Waals surface area contributed by atoms with Crippen LogP contribution in [0.1, 0.15) is 5.56 Å². The molecule has 70 valence electrons. The Hall–Kier alpha value is -2.10. The van der Waals surface area contributed by atoms with Crippen molar-refractivity contribution in [2.75, 3.05) is 0 Å². The molecule has 1 aromatic heterocycles. The Balaban J connectivity index is 2.46. The molecule has 0 bridgehead atoms. The van der Waals surface area contributed by atoms with Crippen molar-refractivity contribution in [1.82, 2.24) is 9.55 Å². The van der Waals surface area contributed by atoms with Gasteiger partial charge in [0.05, 0.1) is 6.33 Å². The van der Waals surface area contributed by atoms with Gasteiger partial charge in [-0.2, -0.15) is 0 Å². The molecule has 3 N–H and O–H groups in total. The van der Waals surface area contributed by atoms with E-state index in [0.717, 1.165) is 11.3 Å². The largest absolute Gasteiger partial charge is 0.384 e.